The lowest BCUT2D eigenvalue weighted by Gasteiger charge is -2.12. The van der Waals surface area contributed by atoms with Crippen LogP contribution in [-0.4, -0.2) is 24.2 Å². The lowest BCUT2D eigenvalue weighted by atomic mass is 10.1. The molecular formula is C16H24BrN3O2S. The Bertz CT molecular complexity index is 495. The first-order valence-electron chi connectivity index (χ1n) is 7.68. The highest BCUT2D eigenvalue weighted by Crippen LogP contribution is 2.16. The fraction of sp³-hybridized carbons (Fsp3) is 0.500. The quantitative estimate of drug-likeness (QED) is 0.354. The summed E-state index contributed by atoms with van der Waals surface area (Å²) >= 11 is 8.44. The van der Waals surface area contributed by atoms with Crippen LogP contribution in [0.4, 0.5) is 0 Å². The Kier molecular flexibility index (Phi) is 9.63. The minimum absolute atomic E-state index is 0.114. The number of hydrogen-bond acceptors (Lipinski definition) is 3. The Balaban J connectivity index is 2.05. The van der Waals surface area contributed by atoms with Crippen molar-refractivity contribution in [1.29, 1.82) is 0 Å². The zero-order valence-electron chi connectivity index (χ0n) is 13.5. The first kappa shape index (κ1) is 19.7. The molecule has 3 N–H and O–H groups in total. The molecule has 0 aromatic heterocycles. The van der Waals surface area contributed by atoms with E-state index < -0.39 is 0 Å². The Morgan fingerprint density at radius 3 is 2.61 bits per heavy atom. The number of benzene rings is 1. The fourth-order valence-corrected chi connectivity index (χ4v) is 2.08. The second-order valence-corrected chi connectivity index (χ2v) is 6.84. The summed E-state index contributed by atoms with van der Waals surface area (Å²) in [5.74, 6) is 1.30. The first-order chi connectivity index (χ1) is 11.0. The summed E-state index contributed by atoms with van der Waals surface area (Å²) in [6, 6.07) is 7.60. The molecule has 1 aromatic rings. The second kappa shape index (κ2) is 11.2. The van der Waals surface area contributed by atoms with Gasteiger partial charge in [0.25, 0.3) is 0 Å². The van der Waals surface area contributed by atoms with Crippen LogP contribution in [0.25, 0.3) is 0 Å². The maximum atomic E-state index is 11.7. The Labute approximate surface area is 151 Å². The van der Waals surface area contributed by atoms with Crippen LogP contribution in [0, 0.1) is 5.92 Å². The van der Waals surface area contributed by atoms with Crippen molar-refractivity contribution in [1.82, 2.24) is 16.2 Å². The van der Waals surface area contributed by atoms with Gasteiger partial charge in [0.2, 0.25) is 5.91 Å². The largest absolute Gasteiger partial charge is 0.494 e. The molecule has 128 valence electrons. The summed E-state index contributed by atoms with van der Waals surface area (Å²) in [6.45, 7) is 5.58. The lowest BCUT2D eigenvalue weighted by molar-refractivity contribution is -0.121. The molecule has 23 heavy (non-hydrogen) atoms. The van der Waals surface area contributed by atoms with Crippen molar-refractivity contribution in [2.45, 2.75) is 33.1 Å². The standard InChI is InChI=1S/C16H24BrN3O2S/c1-12(2)9-10-18-16(23)20-19-15(21)4-3-11-22-14-7-5-13(17)6-8-14/h5-8,12H,3-4,9-11H2,1-2H3,(H,19,21)(H2,18,20,23). The van der Waals surface area contributed by atoms with Gasteiger partial charge in [-0.3, -0.25) is 15.6 Å². The molecule has 0 spiro atoms. The molecule has 0 fully saturated rings. The number of carbonyl (C=O) groups excluding carboxylic acids is 1. The van der Waals surface area contributed by atoms with Crippen molar-refractivity contribution in [2.75, 3.05) is 13.2 Å². The van der Waals surface area contributed by atoms with Gasteiger partial charge in [0.15, 0.2) is 5.11 Å². The molecule has 0 saturated carbocycles. The number of halogens is 1. The average molecular weight is 402 g/mol. The maximum absolute atomic E-state index is 11.7. The zero-order valence-corrected chi connectivity index (χ0v) is 15.9. The van der Waals surface area contributed by atoms with Crippen molar-refractivity contribution in [3.05, 3.63) is 28.7 Å². The number of amides is 1. The predicted octanol–water partition coefficient (Wildman–Crippen LogP) is 3.15. The molecule has 0 atom stereocenters. The van der Waals surface area contributed by atoms with E-state index in [0.717, 1.165) is 23.2 Å². The maximum Gasteiger partial charge on any atom is 0.238 e. The highest BCUT2D eigenvalue weighted by molar-refractivity contribution is 9.10. The van der Waals surface area contributed by atoms with E-state index in [1.165, 1.54) is 0 Å². The number of ether oxygens (including phenoxy) is 1. The van der Waals surface area contributed by atoms with Crippen LogP contribution in [0.1, 0.15) is 33.1 Å². The summed E-state index contributed by atoms with van der Waals surface area (Å²) in [7, 11) is 0. The zero-order chi connectivity index (χ0) is 17.1. The molecule has 1 aromatic carbocycles. The van der Waals surface area contributed by atoms with E-state index in [9.17, 15) is 4.79 Å². The van der Waals surface area contributed by atoms with Gasteiger partial charge < -0.3 is 10.1 Å². The number of rotatable bonds is 8. The minimum atomic E-state index is -0.114. The fourth-order valence-electron chi connectivity index (χ4n) is 1.66. The van der Waals surface area contributed by atoms with Gasteiger partial charge in [-0.15, -0.1) is 0 Å². The average Bonchev–Trinajstić information content (AvgIpc) is 2.51. The topological polar surface area (TPSA) is 62.4 Å². The lowest BCUT2D eigenvalue weighted by Crippen LogP contribution is -2.47. The molecule has 1 rings (SSSR count). The van der Waals surface area contributed by atoms with Crippen molar-refractivity contribution in [3.63, 3.8) is 0 Å². The number of carbonyl (C=O) groups is 1. The highest BCUT2D eigenvalue weighted by atomic mass is 79.9. The molecule has 0 heterocycles. The van der Waals surface area contributed by atoms with Gasteiger partial charge in [0, 0.05) is 17.4 Å². The SMILES string of the molecule is CC(C)CCNC(=S)NNC(=O)CCCOc1ccc(Br)cc1. The van der Waals surface area contributed by atoms with Crippen LogP contribution in [-0.2, 0) is 4.79 Å². The van der Waals surface area contributed by atoms with E-state index in [1.807, 2.05) is 24.3 Å². The third-order valence-electron chi connectivity index (χ3n) is 2.95. The third kappa shape index (κ3) is 10.1. The van der Waals surface area contributed by atoms with E-state index in [1.54, 1.807) is 0 Å². The second-order valence-electron chi connectivity index (χ2n) is 5.52. The molecule has 0 aliphatic carbocycles. The highest BCUT2D eigenvalue weighted by Gasteiger charge is 2.03. The van der Waals surface area contributed by atoms with Crippen LogP contribution in [0.5, 0.6) is 5.75 Å². The summed E-state index contributed by atoms with van der Waals surface area (Å²) in [5, 5.41) is 3.48. The van der Waals surface area contributed by atoms with E-state index in [4.69, 9.17) is 17.0 Å². The minimum Gasteiger partial charge on any atom is -0.494 e. The van der Waals surface area contributed by atoms with Crippen LogP contribution in [0.15, 0.2) is 28.7 Å². The predicted molar refractivity (Wildman–Crippen MR) is 100 cm³/mol. The first-order valence-corrected chi connectivity index (χ1v) is 8.88. The molecule has 0 aliphatic rings. The van der Waals surface area contributed by atoms with Gasteiger partial charge in [-0.25, -0.2) is 0 Å². The van der Waals surface area contributed by atoms with Crippen molar-refractivity contribution in [2.24, 2.45) is 5.92 Å². The van der Waals surface area contributed by atoms with Crippen LogP contribution in [0.2, 0.25) is 0 Å². The van der Waals surface area contributed by atoms with Gasteiger partial charge in [-0.05, 0) is 55.2 Å². The third-order valence-corrected chi connectivity index (χ3v) is 3.73. The molecular weight excluding hydrogens is 378 g/mol. The Morgan fingerprint density at radius 2 is 1.96 bits per heavy atom. The van der Waals surface area contributed by atoms with Crippen molar-refractivity contribution >= 4 is 39.2 Å². The molecule has 5 nitrogen and oxygen atoms in total. The van der Waals surface area contributed by atoms with Gasteiger partial charge in [0.05, 0.1) is 6.61 Å². The summed E-state index contributed by atoms with van der Waals surface area (Å²) in [6.07, 6.45) is 2.04. The molecule has 1 amide bonds. The Hall–Kier alpha value is -1.34. The van der Waals surface area contributed by atoms with Crippen LogP contribution >= 0.6 is 28.1 Å². The number of nitrogens with one attached hydrogen (secondary N) is 3. The number of thiocarbonyl (C=S) groups is 1. The van der Waals surface area contributed by atoms with E-state index in [2.05, 4.69) is 45.9 Å². The number of hydrazine groups is 1. The van der Waals surface area contributed by atoms with Crippen molar-refractivity contribution in [3.8, 4) is 5.75 Å². The molecule has 0 bridgehead atoms. The van der Waals surface area contributed by atoms with Gasteiger partial charge in [-0.2, -0.15) is 0 Å². The van der Waals surface area contributed by atoms with Crippen molar-refractivity contribution < 1.29 is 9.53 Å². The van der Waals surface area contributed by atoms with E-state index in [-0.39, 0.29) is 5.91 Å². The smallest absolute Gasteiger partial charge is 0.238 e. The van der Waals surface area contributed by atoms with E-state index >= 15 is 0 Å². The molecule has 0 saturated heterocycles. The van der Waals surface area contributed by atoms with E-state index in [0.29, 0.717) is 30.5 Å². The molecule has 0 unspecified atom stereocenters. The monoisotopic (exact) mass is 401 g/mol. The number of hydrogen-bond donors (Lipinski definition) is 3. The normalized spacial score (nSPS) is 10.3. The van der Waals surface area contributed by atoms with Crippen LogP contribution in [0.3, 0.4) is 0 Å². The summed E-state index contributed by atoms with van der Waals surface area (Å²) < 4.78 is 6.56. The van der Waals surface area contributed by atoms with Gasteiger partial charge in [0.1, 0.15) is 5.75 Å². The molecule has 0 aliphatic heterocycles. The van der Waals surface area contributed by atoms with Crippen LogP contribution < -0.4 is 20.9 Å². The van der Waals surface area contributed by atoms with Gasteiger partial charge >= 0.3 is 0 Å². The molecule has 7 heteroatoms. The van der Waals surface area contributed by atoms with Gasteiger partial charge in [-0.1, -0.05) is 29.8 Å². The summed E-state index contributed by atoms with van der Waals surface area (Å²) in [5.41, 5.74) is 5.27. The Morgan fingerprint density at radius 1 is 1.26 bits per heavy atom. The summed E-state index contributed by atoms with van der Waals surface area (Å²) in [4.78, 5) is 11.7. The molecule has 0 radical (unpaired) electrons.